The van der Waals surface area contributed by atoms with Crippen molar-refractivity contribution in [1.29, 1.82) is 0 Å². The number of hydrogen-bond donors (Lipinski definition) is 4. The second-order valence-corrected chi connectivity index (χ2v) is 16.3. The Kier molecular flexibility index (Phi) is 42.1. The van der Waals surface area contributed by atoms with E-state index in [2.05, 4.69) is 31.3 Å². The van der Waals surface area contributed by atoms with Crippen LogP contribution in [0.2, 0.25) is 0 Å². The number of carbonyl (C=O) groups is 1. The highest BCUT2D eigenvalue weighted by Gasteiger charge is 2.26. The molecule has 0 heterocycles. The molecule has 52 heavy (non-hydrogen) atoms. The highest BCUT2D eigenvalue weighted by atomic mass is 16.3. The van der Waals surface area contributed by atoms with E-state index in [1.807, 2.05) is 0 Å². The number of hydrogen-bond acceptors (Lipinski definition) is 4. The van der Waals surface area contributed by atoms with Crippen LogP contribution in [0.25, 0.3) is 0 Å². The molecule has 0 radical (unpaired) electrons. The molecule has 310 valence electrons. The van der Waals surface area contributed by atoms with E-state index in [1.54, 1.807) is 0 Å². The van der Waals surface area contributed by atoms with Gasteiger partial charge in [-0.25, -0.2) is 0 Å². The zero-order valence-electron chi connectivity index (χ0n) is 35.2. The molecule has 3 unspecified atom stereocenters. The molecule has 0 bridgehead atoms. The topological polar surface area (TPSA) is 89.8 Å². The normalized spacial score (nSPS) is 13.6. The molecular formula is C47H93NO4. The Labute approximate surface area is 325 Å². The molecule has 0 aliphatic carbocycles. The summed E-state index contributed by atoms with van der Waals surface area (Å²) in [4.78, 5) is 12.4. The van der Waals surface area contributed by atoms with Gasteiger partial charge in [0.05, 0.1) is 18.8 Å². The van der Waals surface area contributed by atoms with Gasteiger partial charge in [-0.15, -0.1) is 0 Å². The van der Waals surface area contributed by atoms with Crippen molar-refractivity contribution in [1.82, 2.24) is 5.32 Å². The molecular weight excluding hydrogens is 643 g/mol. The van der Waals surface area contributed by atoms with Gasteiger partial charge in [-0.2, -0.15) is 0 Å². The minimum absolute atomic E-state index is 0.150. The second-order valence-electron chi connectivity index (χ2n) is 16.3. The molecule has 0 rings (SSSR count). The maximum Gasteiger partial charge on any atom is 0.220 e. The van der Waals surface area contributed by atoms with Gasteiger partial charge >= 0.3 is 0 Å². The predicted molar refractivity (Wildman–Crippen MR) is 227 cm³/mol. The van der Waals surface area contributed by atoms with E-state index < -0.39 is 18.2 Å². The van der Waals surface area contributed by atoms with Gasteiger partial charge in [-0.05, 0) is 38.5 Å². The van der Waals surface area contributed by atoms with E-state index in [9.17, 15) is 20.1 Å². The minimum atomic E-state index is -1.14. The van der Waals surface area contributed by atoms with Crippen LogP contribution in [0, 0.1) is 0 Å². The molecule has 0 aromatic heterocycles. The number of amides is 1. The van der Waals surface area contributed by atoms with Crippen LogP contribution in [0.15, 0.2) is 12.2 Å². The maximum absolute atomic E-state index is 12.4. The Morgan fingerprint density at radius 2 is 0.769 bits per heavy atom. The van der Waals surface area contributed by atoms with Crippen LogP contribution in [-0.2, 0) is 4.79 Å². The molecule has 5 heteroatoms. The van der Waals surface area contributed by atoms with Gasteiger partial charge in [0.2, 0.25) is 5.91 Å². The van der Waals surface area contributed by atoms with Crippen LogP contribution in [0.5, 0.6) is 0 Å². The van der Waals surface area contributed by atoms with Gasteiger partial charge in [-0.3, -0.25) is 4.79 Å². The summed E-state index contributed by atoms with van der Waals surface area (Å²) in [6.07, 6.45) is 50.4. The smallest absolute Gasteiger partial charge is 0.220 e. The third-order valence-corrected chi connectivity index (χ3v) is 11.1. The lowest BCUT2D eigenvalue weighted by atomic mass is 9.99. The number of allylic oxidation sites excluding steroid dienone is 2. The van der Waals surface area contributed by atoms with Crippen molar-refractivity contribution in [2.45, 2.75) is 276 Å². The first-order chi connectivity index (χ1) is 25.6. The fourth-order valence-corrected chi connectivity index (χ4v) is 7.45. The van der Waals surface area contributed by atoms with E-state index in [0.717, 1.165) is 44.9 Å². The van der Waals surface area contributed by atoms with E-state index in [0.29, 0.717) is 12.8 Å². The highest BCUT2D eigenvalue weighted by Crippen LogP contribution is 2.17. The number of nitrogens with one attached hydrogen (secondary N) is 1. The number of rotatable bonds is 43. The lowest BCUT2D eigenvalue weighted by molar-refractivity contribution is -0.124. The summed E-state index contributed by atoms with van der Waals surface area (Å²) < 4.78 is 0. The van der Waals surface area contributed by atoms with Gasteiger partial charge in [0.15, 0.2) is 0 Å². The lowest BCUT2D eigenvalue weighted by Gasteiger charge is -2.26. The Balaban J connectivity index is 3.60. The van der Waals surface area contributed by atoms with Crippen molar-refractivity contribution < 1.29 is 20.1 Å². The second kappa shape index (κ2) is 42.8. The minimum Gasteiger partial charge on any atom is -0.394 e. The van der Waals surface area contributed by atoms with Gasteiger partial charge in [0.1, 0.15) is 6.10 Å². The van der Waals surface area contributed by atoms with E-state index in [-0.39, 0.29) is 12.5 Å². The van der Waals surface area contributed by atoms with Crippen LogP contribution < -0.4 is 5.32 Å². The molecule has 0 aromatic carbocycles. The Morgan fingerprint density at radius 1 is 0.462 bits per heavy atom. The molecule has 0 saturated heterocycles. The monoisotopic (exact) mass is 736 g/mol. The zero-order chi connectivity index (χ0) is 38.0. The number of carbonyl (C=O) groups excluding carboxylic acids is 1. The largest absolute Gasteiger partial charge is 0.394 e. The van der Waals surface area contributed by atoms with Gasteiger partial charge in [-0.1, -0.05) is 225 Å². The Morgan fingerprint density at radius 3 is 1.12 bits per heavy atom. The van der Waals surface area contributed by atoms with E-state index in [1.165, 1.54) is 186 Å². The third-order valence-electron chi connectivity index (χ3n) is 11.1. The van der Waals surface area contributed by atoms with Crippen molar-refractivity contribution in [3.05, 3.63) is 12.2 Å². The molecule has 1 amide bonds. The lowest BCUT2D eigenvalue weighted by Crippen LogP contribution is -2.50. The van der Waals surface area contributed by atoms with Gasteiger partial charge in [0.25, 0.3) is 0 Å². The van der Waals surface area contributed by atoms with E-state index in [4.69, 9.17) is 0 Å². The third kappa shape index (κ3) is 37.4. The Hall–Kier alpha value is -0.910. The molecule has 0 aliphatic heterocycles. The SMILES string of the molecule is CCCCCCCCCCC/C=C\CCCCCCCC(=O)NC(CO)C(O)C(O)CCCCCCCCCCCCCCCCCCCCCC. The quantitative estimate of drug-likeness (QED) is 0.0371. The molecule has 4 N–H and O–H groups in total. The first-order valence-corrected chi connectivity index (χ1v) is 23.5. The summed E-state index contributed by atoms with van der Waals surface area (Å²) in [5.41, 5.74) is 0. The van der Waals surface area contributed by atoms with Crippen molar-refractivity contribution in [3.8, 4) is 0 Å². The van der Waals surface area contributed by atoms with Crippen molar-refractivity contribution in [2.75, 3.05) is 6.61 Å². The average Bonchev–Trinajstić information content (AvgIpc) is 3.15. The summed E-state index contributed by atoms with van der Waals surface area (Å²) in [7, 11) is 0. The van der Waals surface area contributed by atoms with Crippen molar-refractivity contribution in [2.24, 2.45) is 0 Å². The van der Waals surface area contributed by atoms with Crippen molar-refractivity contribution in [3.63, 3.8) is 0 Å². The Bertz CT molecular complexity index is 728. The molecule has 0 aliphatic rings. The molecule has 0 aromatic rings. The van der Waals surface area contributed by atoms with Crippen LogP contribution >= 0.6 is 0 Å². The van der Waals surface area contributed by atoms with Crippen molar-refractivity contribution >= 4 is 5.91 Å². The average molecular weight is 736 g/mol. The standard InChI is InChI=1S/C47H93NO4/c1-3-5-7-9-11-13-15-17-19-21-23-24-25-27-29-31-33-35-37-39-41-45(50)47(52)44(43-49)48-46(51)42-40-38-36-34-32-30-28-26-22-20-18-16-14-12-10-8-6-4-2/h26,28,44-45,47,49-50,52H,3-25,27,29-43H2,1-2H3,(H,48,51)/b28-26-. The number of aliphatic hydroxyl groups excluding tert-OH is 3. The molecule has 3 atom stereocenters. The van der Waals surface area contributed by atoms with Gasteiger partial charge in [0, 0.05) is 6.42 Å². The summed E-state index contributed by atoms with van der Waals surface area (Å²) in [6, 6.07) is -0.810. The summed E-state index contributed by atoms with van der Waals surface area (Å²) >= 11 is 0. The molecule has 5 nitrogen and oxygen atoms in total. The van der Waals surface area contributed by atoms with Crippen LogP contribution in [0.1, 0.15) is 258 Å². The first-order valence-electron chi connectivity index (χ1n) is 23.5. The maximum atomic E-state index is 12.4. The summed E-state index contributed by atoms with van der Waals surface area (Å²) in [5, 5.41) is 33.6. The number of unbranched alkanes of at least 4 members (excludes halogenated alkanes) is 33. The number of aliphatic hydroxyl groups is 3. The highest BCUT2D eigenvalue weighted by molar-refractivity contribution is 5.76. The zero-order valence-corrected chi connectivity index (χ0v) is 35.2. The van der Waals surface area contributed by atoms with Gasteiger partial charge < -0.3 is 20.6 Å². The fourth-order valence-electron chi connectivity index (χ4n) is 7.45. The van der Waals surface area contributed by atoms with Crippen LogP contribution in [-0.4, -0.2) is 46.1 Å². The van der Waals surface area contributed by atoms with E-state index >= 15 is 0 Å². The van der Waals surface area contributed by atoms with Crippen LogP contribution in [0.4, 0.5) is 0 Å². The summed E-state index contributed by atoms with van der Waals surface area (Å²) in [6.45, 7) is 4.20. The molecule has 0 spiro atoms. The first kappa shape index (κ1) is 51.1. The molecule has 0 fully saturated rings. The van der Waals surface area contributed by atoms with Crippen LogP contribution in [0.3, 0.4) is 0 Å². The fraction of sp³-hybridized carbons (Fsp3) is 0.936. The summed E-state index contributed by atoms with van der Waals surface area (Å²) in [5.74, 6) is -0.150. The predicted octanol–water partition coefficient (Wildman–Crippen LogP) is 13.6. The molecule has 0 saturated carbocycles.